The van der Waals surface area contributed by atoms with Crippen molar-refractivity contribution in [3.63, 3.8) is 0 Å². The lowest BCUT2D eigenvalue weighted by Crippen LogP contribution is -2.44. The number of hydrogen-bond acceptors (Lipinski definition) is 5. The monoisotopic (exact) mass is 406 g/mol. The van der Waals surface area contributed by atoms with E-state index < -0.39 is 0 Å². The van der Waals surface area contributed by atoms with E-state index in [2.05, 4.69) is 35.5 Å². The number of piperidine rings is 1. The van der Waals surface area contributed by atoms with Gasteiger partial charge in [-0.25, -0.2) is 0 Å². The maximum Gasteiger partial charge on any atom is 0.266 e. The van der Waals surface area contributed by atoms with Crippen molar-refractivity contribution >= 4 is 23.4 Å². The van der Waals surface area contributed by atoms with Crippen LogP contribution in [0.15, 0.2) is 76.2 Å². The van der Waals surface area contributed by atoms with Gasteiger partial charge in [-0.2, -0.15) is 5.26 Å². The van der Waals surface area contributed by atoms with Gasteiger partial charge in [0.15, 0.2) is 0 Å². The number of anilines is 1. The highest BCUT2D eigenvalue weighted by Crippen LogP contribution is 2.33. The topological polar surface area (TPSA) is 59.4 Å². The van der Waals surface area contributed by atoms with E-state index in [0.717, 1.165) is 41.4 Å². The van der Waals surface area contributed by atoms with Gasteiger partial charge in [0.05, 0.1) is 5.69 Å². The Bertz CT molecular complexity index is 899. The largest absolute Gasteiger partial charge is 0.359 e. The van der Waals surface area contributed by atoms with Crippen molar-refractivity contribution in [2.45, 2.75) is 28.7 Å². The zero-order chi connectivity index (χ0) is 20.6. The Kier molecular flexibility index (Phi) is 7.34. The number of carbonyl (C=O) groups is 1. The van der Waals surface area contributed by atoms with Crippen molar-refractivity contribution in [3.8, 4) is 6.07 Å². The Labute approximate surface area is 177 Å². The van der Waals surface area contributed by atoms with Gasteiger partial charge in [0.1, 0.15) is 11.6 Å². The highest BCUT2D eigenvalue weighted by molar-refractivity contribution is 7.99. The summed E-state index contributed by atoms with van der Waals surface area (Å²) < 4.78 is 0. The summed E-state index contributed by atoms with van der Waals surface area (Å²) >= 11 is 1.64. The predicted molar refractivity (Wildman–Crippen MR) is 118 cm³/mol. The molecule has 1 aliphatic heterocycles. The van der Waals surface area contributed by atoms with Crippen LogP contribution in [0.2, 0.25) is 0 Å². The van der Waals surface area contributed by atoms with Crippen molar-refractivity contribution in [1.29, 1.82) is 5.26 Å². The first-order chi connectivity index (χ1) is 14.1. The molecule has 0 atom stereocenters. The quantitative estimate of drug-likeness (QED) is 0.575. The van der Waals surface area contributed by atoms with Crippen LogP contribution in [0.4, 0.5) is 5.69 Å². The van der Waals surface area contributed by atoms with Gasteiger partial charge in [-0.05, 0) is 57.2 Å². The summed E-state index contributed by atoms with van der Waals surface area (Å²) in [5.41, 5.74) is 0.981. The lowest BCUT2D eigenvalue weighted by atomic mass is 10.0. The van der Waals surface area contributed by atoms with Crippen molar-refractivity contribution in [2.75, 3.05) is 32.5 Å². The highest BCUT2D eigenvalue weighted by Gasteiger charge is 2.25. The summed E-state index contributed by atoms with van der Waals surface area (Å²) in [6.45, 7) is 1.94. The number of carbonyl (C=O) groups excluding carboxylic acids is 1. The first kappa shape index (κ1) is 21.0. The third-order valence-electron chi connectivity index (χ3n) is 5.14. The standard InChI is InChI=1S/C23H26N4OS/c1-26-14-12-19(13-15-26)27(2)23(28)18(16-24)17-25-21-10-6-7-11-22(21)29-20-8-4-3-5-9-20/h3-11,17,19,25H,12-15H2,1-2H3/b18-17-. The van der Waals surface area contributed by atoms with E-state index in [1.54, 1.807) is 23.7 Å². The van der Waals surface area contributed by atoms with Gasteiger partial charge < -0.3 is 15.1 Å². The van der Waals surface area contributed by atoms with Gasteiger partial charge in [0.25, 0.3) is 5.91 Å². The molecule has 29 heavy (non-hydrogen) atoms. The minimum Gasteiger partial charge on any atom is -0.359 e. The number of nitrogens with zero attached hydrogens (tertiary/aromatic N) is 3. The number of nitriles is 1. The van der Waals surface area contributed by atoms with Gasteiger partial charge in [0, 0.05) is 29.1 Å². The third-order valence-corrected chi connectivity index (χ3v) is 6.22. The van der Waals surface area contributed by atoms with Crippen LogP contribution in [0.3, 0.4) is 0 Å². The molecule has 5 nitrogen and oxygen atoms in total. The number of likely N-dealkylation sites (tertiary alicyclic amines) is 1. The molecule has 6 heteroatoms. The molecule has 0 unspecified atom stereocenters. The molecular formula is C23H26N4OS. The first-order valence-corrected chi connectivity index (χ1v) is 10.5. The Morgan fingerprint density at radius 2 is 1.83 bits per heavy atom. The molecule has 3 rings (SSSR count). The molecule has 0 aromatic heterocycles. The van der Waals surface area contributed by atoms with E-state index >= 15 is 0 Å². The van der Waals surface area contributed by atoms with E-state index in [9.17, 15) is 10.1 Å². The second-order valence-corrected chi connectivity index (χ2v) is 8.29. The van der Waals surface area contributed by atoms with Crippen LogP contribution in [-0.4, -0.2) is 48.9 Å². The molecule has 1 saturated heterocycles. The second kappa shape index (κ2) is 10.1. The van der Waals surface area contributed by atoms with Crippen molar-refractivity contribution in [1.82, 2.24) is 9.80 Å². The van der Waals surface area contributed by atoms with Crippen molar-refractivity contribution in [2.24, 2.45) is 0 Å². The zero-order valence-corrected chi connectivity index (χ0v) is 17.7. The Morgan fingerprint density at radius 3 is 2.52 bits per heavy atom. The average molecular weight is 407 g/mol. The van der Waals surface area contributed by atoms with Crippen LogP contribution in [-0.2, 0) is 4.79 Å². The summed E-state index contributed by atoms with van der Waals surface area (Å²) in [7, 11) is 3.89. The maximum atomic E-state index is 12.8. The molecule has 0 aliphatic carbocycles. The molecular weight excluding hydrogens is 380 g/mol. The fourth-order valence-electron chi connectivity index (χ4n) is 3.32. The van der Waals surface area contributed by atoms with E-state index in [1.807, 2.05) is 42.5 Å². The maximum absolute atomic E-state index is 12.8. The molecule has 1 heterocycles. The number of nitrogens with one attached hydrogen (secondary N) is 1. The molecule has 2 aromatic carbocycles. The van der Waals surface area contributed by atoms with Crippen molar-refractivity contribution in [3.05, 3.63) is 66.4 Å². The average Bonchev–Trinajstić information content (AvgIpc) is 2.76. The number of rotatable bonds is 6. The molecule has 2 aromatic rings. The molecule has 0 bridgehead atoms. The fourth-order valence-corrected chi connectivity index (χ4v) is 4.25. The molecule has 1 fully saturated rings. The lowest BCUT2D eigenvalue weighted by molar-refractivity contribution is -0.128. The van der Waals surface area contributed by atoms with Crippen LogP contribution in [0.25, 0.3) is 0 Å². The Hall–Kier alpha value is -2.75. The molecule has 1 aliphatic rings. The van der Waals surface area contributed by atoms with Gasteiger partial charge in [-0.1, -0.05) is 42.1 Å². The molecule has 150 valence electrons. The van der Waals surface area contributed by atoms with Crippen LogP contribution in [0, 0.1) is 11.3 Å². The number of benzene rings is 2. The normalized spacial score (nSPS) is 15.6. The predicted octanol–water partition coefficient (Wildman–Crippen LogP) is 4.21. The molecule has 1 amide bonds. The van der Waals surface area contributed by atoms with Crippen LogP contribution in [0.1, 0.15) is 12.8 Å². The molecule has 0 spiro atoms. The van der Waals surface area contributed by atoms with E-state index in [-0.39, 0.29) is 17.5 Å². The Morgan fingerprint density at radius 1 is 1.17 bits per heavy atom. The molecule has 0 saturated carbocycles. The van der Waals surface area contributed by atoms with Crippen molar-refractivity contribution < 1.29 is 4.79 Å². The van der Waals surface area contributed by atoms with E-state index in [4.69, 9.17) is 0 Å². The van der Waals surface area contributed by atoms with Gasteiger partial charge >= 0.3 is 0 Å². The smallest absolute Gasteiger partial charge is 0.266 e. The lowest BCUT2D eigenvalue weighted by Gasteiger charge is -2.35. The summed E-state index contributed by atoms with van der Waals surface area (Å²) in [5, 5.41) is 12.7. The summed E-state index contributed by atoms with van der Waals surface area (Å²) in [6.07, 6.45) is 3.39. The minimum absolute atomic E-state index is 0.117. The second-order valence-electron chi connectivity index (χ2n) is 7.18. The van der Waals surface area contributed by atoms with Gasteiger partial charge in [0.2, 0.25) is 0 Å². The molecule has 0 radical (unpaired) electrons. The third kappa shape index (κ3) is 5.63. The number of amides is 1. The number of para-hydroxylation sites is 1. The number of likely N-dealkylation sites (N-methyl/N-ethyl adjacent to an activating group) is 1. The summed E-state index contributed by atoms with van der Waals surface area (Å²) in [5.74, 6) is -0.234. The number of hydrogen-bond donors (Lipinski definition) is 1. The highest BCUT2D eigenvalue weighted by atomic mass is 32.2. The minimum atomic E-state index is -0.234. The zero-order valence-electron chi connectivity index (χ0n) is 16.8. The van der Waals surface area contributed by atoms with Gasteiger partial charge in [-0.3, -0.25) is 4.79 Å². The van der Waals surface area contributed by atoms with E-state index in [1.165, 1.54) is 6.20 Å². The summed E-state index contributed by atoms with van der Waals surface area (Å²) in [6, 6.07) is 20.2. The molecule has 1 N–H and O–H groups in total. The van der Waals surface area contributed by atoms with E-state index in [0.29, 0.717) is 0 Å². The van der Waals surface area contributed by atoms with Crippen LogP contribution < -0.4 is 5.32 Å². The van der Waals surface area contributed by atoms with Gasteiger partial charge in [-0.15, -0.1) is 0 Å². The van der Waals surface area contributed by atoms with Crippen LogP contribution >= 0.6 is 11.8 Å². The Balaban J connectivity index is 1.71. The SMILES string of the molecule is CN1CCC(N(C)C(=O)/C(C#N)=C\Nc2ccccc2Sc2ccccc2)CC1. The first-order valence-electron chi connectivity index (χ1n) is 9.73. The van der Waals surface area contributed by atoms with Crippen LogP contribution in [0.5, 0.6) is 0 Å². The fraction of sp³-hybridized carbons (Fsp3) is 0.304. The summed E-state index contributed by atoms with van der Waals surface area (Å²) in [4.78, 5) is 19.0.